The van der Waals surface area contributed by atoms with Gasteiger partial charge in [0.05, 0.1) is 17.3 Å². The minimum Gasteiger partial charge on any atom is -0.494 e. The van der Waals surface area contributed by atoms with Crippen LogP contribution in [-0.4, -0.2) is 22.7 Å². The molecule has 1 heterocycles. The van der Waals surface area contributed by atoms with Gasteiger partial charge in [-0.25, -0.2) is 9.78 Å². The number of carboxylic acids is 1. The number of hydrogen-bond donors (Lipinski definition) is 1. The minimum absolute atomic E-state index is 0.325. The van der Waals surface area contributed by atoms with Gasteiger partial charge in [-0.2, -0.15) is 0 Å². The highest BCUT2D eigenvalue weighted by molar-refractivity contribution is 7.13. The number of aromatic carboxylic acids is 1. The van der Waals surface area contributed by atoms with Gasteiger partial charge >= 0.3 is 5.97 Å². The third-order valence-electron chi connectivity index (χ3n) is 2.60. The Labute approximate surface area is 115 Å². The van der Waals surface area contributed by atoms with Crippen LogP contribution in [0, 0.1) is 6.92 Å². The number of carboxylic acid groups (broad SMARTS) is 1. The molecule has 0 bridgehead atoms. The van der Waals surface area contributed by atoms with Crippen molar-refractivity contribution in [1.82, 2.24) is 4.98 Å². The van der Waals surface area contributed by atoms with E-state index in [0.29, 0.717) is 23.6 Å². The Bertz CT molecular complexity index is 575. The third kappa shape index (κ3) is 3.32. The van der Waals surface area contributed by atoms with Gasteiger partial charge in [0.15, 0.2) is 0 Å². The Morgan fingerprint density at radius 3 is 2.63 bits per heavy atom. The van der Waals surface area contributed by atoms with Crippen molar-refractivity contribution in [2.24, 2.45) is 0 Å². The fourth-order valence-electron chi connectivity index (χ4n) is 1.82. The molecule has 0 fully saturated rings. The summed E-state index contributed by atoms with van der Waals surface area (Å²) in [5, 5.41) is 9.90. The van der Waals surface area contributed by atoms with E-state index in [1.165, 1.54) is 11.3 Å². The fourth-order valence-corrected chi connectivity index (χ4v) is 2.59. The average molecular weight is 277 g/mol. The molecule has 0 radical (unpaired) electrons. The lowest BCUT2D eigenvalue weighted by molar-refractivity contribution is 0.0701. The number of ether oxygens (including phenoxy) is 1. The SMILES string of the molecule is CCOc1ccc(Cc2nc(C)sc2C(=O)O)cc1. The predicted octanol–water partition coefficient (Wildman–Crippen LogP) is 3.14. The Balaban J connectivity index is 2.18. The standard InChI is InChI=1S/C14H15NO3S/c1-3-18-11-6-4-10(5-7-11)8-12-13(14(16)17)19-9(2)15-12/h4-7H,3,8H2,1-2H3,(H,16,17). The predicted molar refractivity (Wildman–Crippen MR) is 74.2 cm³/mol. The van der Waals surface area contributed by atoms with E-state index >= 15 is 0 Å². The van der Waals surface area contributed by atoms with Crippen LogP contribution in [0.4, 0.5) is 0 Å². The molecule has 0 amide bonds. The van der Waals surface area contributed by atoms with Crippen LogP contribution in [-0.2, 0) is 6.42 Å². The molecule has 1 aromatic carbocycles. The van der Waals surface area contributed by atoms with E-state index < -0.39 is 5.97 Å². The number of aryl methyl sites for hydroxylation is 1. The second-order valence-corrected chi connectivity index (χ2v) is 5.27. The number of aromatic nitrogens is 1. The lowest BCUT2D eigenvalue weighted by atomic mass is 10.1. The number of carbonyl (C=O) groups is 1. The maximum atomic E-state index is 11.1. The zero-order valence-electron chi connectivity index (χ0n) is 10.8. The van der Waals surface area contributed by atoms with Crippen molar-refractivity contribution in [1.29, 1.82) is 0 Å². The first-order valence-electron chi connectivity index (χ1n) is 6.01. The van der Waals surface area contributed by atoms with E-state index in [1.807, 2.05) is 38.1 Å². The van der Waals surface area contributed by atoms with Crippen LogP contribution in [0.15, 0.2) is 24.3 Å². The maximum absolute atomic E-state index is 11.1. The molecule has 4 nitrogen and oxygen atoms in total. The van der Waals surface area contributed by atoms with Crippen LogP contribution in [0.2, 0.25) is 0 Å². The molecule has 2 rings (SSSR count). The van der Waals surface area contributed by atoms with E-state index in [4.69, 9.17) is 9.84 Å². The lowest BCUT2D eigenvalue weighted by Gasteiger charge is -2.04. The van der Waals surface area contributed by atoms with Crippen molar-refractivity contribution in [2.75, 3.05) is 6.61 Å². The molecule has 5 heteroatoms. The molecule has 1 N–H and O–H groups in total. The van der Waals surface area contributed by atoms with Gasteiger partial charge in [0.2, 0.25) is 0 Å². The van der Waals surface area contributed by atoms with E-state index in [2.05, 4.69) is 4.98 Å². The second kappa shape index (κ2) is 5.84. The molecule has 0 aliphatic carbocycles. The van der Waals surface area contributed by atoms with Crippen LogP contribution in [0.3, 0.4) is 0 Å². The Hall–Kier alpha value is -1.88. The van der Waals surface area contributed by atoms with Crippen LogP contribution in [0.25, 0.3) is 0 Å². The van der Waals surface area contributed by atoms with E-state index in [1.54, 1.807) is 0 Å². The summed E-state index contributed by atoms with van der Waals surface area (Å²) in [5.41, 5.74) is 1.65. The van der Waals surface area contributed by atoms with Gasteiger partial charge < -0.3 is 9.84 Å². The van der Waals surface area contributed by atoms with Crippen molar-refractivity contribution >= 4 is 17.3 Å². The summed E-state index contributed by atoms with van der Waals surface area (Å²) >= 11 is 1.22. The molecular formula is C14H15NO3S. The fraction of sp³-hybridized carbons (Fsp3) is 0.286. The third-order valence-corrected chi connectivity index (χ3v) is 3.61. The number of thiazole rings is 1. The molecule has 19 heavy (non-hydrogen) atoms. The average Bonchev–Trinajstić information content (AvgIpc) is 2.73. The van der Waals surface area contributed by atoms with Crippen LogP contribution >= 0.6 is 11.3 Å². The summed E-state index contributed by atoms with van der Waals surface area (Å²) in [4.78, 5) is 15.7. The van der Waals surface area contributed by atoms with Gasteiger partial charge in [-0.1, -0.05) is 12.1 Å². The van der Waals surface area contributed by atoms with Crippen molar-refractivity contribution in [3.8, 4) is 5.75 Å². The highest BCUT2D eigenvalue weighted by Gasteiger charge is 2.15. The number of nitrogens with zero attached hydrogens (tertiary/aromatic N) is 1. The zero-order chi connectivity index (χ0) is 13.8. The number of rotatable bonds is 5. The first-order valence-corrected chi connectivity index (χ1v) is 6.83. The van der Waals surface area contributed by atoms with Crippen LogP contribution in [0.5, 0.6) is 5.75 Å². The summed E-state index contributed by atoms with van der Waals surface area (Å²) < 4.78 is 5.37. The molecule has 100 valence electrons. The minimum atomic E-state index is -0.911. The topological polar surface area (TPSA) is 59.4 Å². The second-order valence-electron chi connectivity index (χ2n) is 4.07. The monoisotopic (exact) mass is 277 g/mol. The lowest BCUT2D eigenvalue weighted by Crippen LogP contribution is -2.00. The molecular weight excluding hydrogens is 262 g/mol. The zero-order valence-corrected chi connectivity index (χ0v) is 11.7. The summed E-state index contributed by atoms with van der Waals surface area (Å²) in [6.07, 6.45) is 0.526. The molecule has 2 aromatic rings. The van der Waals surface area contributed by atoms with Gasteiger partial charge in [-0.15, -0.1) is 11.3 Å². The summed E-state index contributed by atoms with van der Waals surface area (Å²) in [6, 6.07) is 7.65. The van der Waals surface area contributed by atoms with Gasteiger partial charge in [-0.05, 0) is 31.5 Å². The van der Waals surface area contributed by atoms with E-state index in [-0.39, 0.29) is 0 Å². The summed E-state index contributed by atoms with van der Waals surface area (Å²) in [5.74, 6) is -0.0919. The molecule has 1 aromatic heterocycles. The van der Waals surface area contributed by atoms with E-state index in [0.717, 1.165) is 16.3 Å². The van der Waals surface area contributed by atoms with E-state index in [9.17, 15) is 4.79 Å². The molecule has 0 aliphatic rings. The number of hydrogen-bond acceptors (Lipinski definition) is 4. The van der Waals surface area contributed by atoms with Gasteiger partial charge in [0.25, 0.3) is 0 Å². The molecule has 0 saturated carbocycles. The quantitative estimate of drug-likeness (QED) is 0.912. The largest absolute Gasteiger partial charge is 0.494 e. The molecule has 0 atom stereocenters. The molecule has 0 aliphatic heterocycles. The van der Waals surface area contributed by atoms with Crippen LogP contribution < -0.4 is 4.74 Å². The van der Waals surface area contributed by atoms with Crippen molar-refractivity contribution in [3.63, 3.8) is 0 Å². The van der Waals surface area contributed by atoms with Crippen LogP contribution in [0.1, 0.15) is 32.9 Å². The normalized spacial score (nSPS) is 10.4. The van der Waals surface area contributed by atoms with Gasteiger partial charge in [0, 0.05) is 6.42 Å². The maximum Gasteiger partial charge on any atom is 0.347 e. The van der Waals surface area contributed by atoms with Gasteiger partial charge in [0.1, 0.15) is 10.6 Å². The van der Waals surface area contributed by atoms with Crippen molar-refractivity contribution in [3.05, 3.63) is 45.4 Å². The Kier molecular flexibility index (Phi) is 4.16. The molecule has 0 spiro atoms. The summed E-state index contributed by atoms with van der Waals surface area (Å²) in [6.45, 7) is 4.39. The number of benzene rings is 1. The summed E-state index contributed by atoms with van der Waals surface area (Å²) in [7, 11) is 0. The Morgan fingerprint density at radius 2 is 2.05 bits per heavy atom. The highest BCUT2D eigenvalue weighted by atomic mass is 32.1. The smallest absolute Gasteiger partial charge is 0.347 e. The molecule has 0 unspecified atom stereocenters. The van der Waals surface area contributed by atoms with Gasteiger partial charge in [-0.3, -0.25) is 0 Å². The Morgan fingerprint density at radius 1 is 1.37 bits per heavy atom. The van der Waals surface area contributed by atoms with Crippen molar-refractivity contribution < 1.29 is 14.6 Å². The first kappa shape index (κ1) is 13.5. The first-order chi connectivity index (χ1) is 9.10. The van der Waals surface area contributed by atoms with Crippen molar-refractivity contribution in [2.45, 2.75) is 20.3 Å². The highest BCUT2D eigenvalue weighted by Crippen LogP contribution is 2.22. The molecule has 0 saturated heterocycles.